The first-order chi connectivity index (χ1) is 10.4. The first kappa shape index (κ1) is 23.7. The van der Waals surface area contributed by atoms with Crippen molar-refractivity contribution in [3.05, 3.63) is 57.0 Å². The molecule has 1 amide bonds. The predicted octanol–water partition coefficient (Wildman–Crippen LogP) is -1.70. The molecule has 2 nitrogen and oxygen atoms in total. The summed E-state index contributed by atoms with van der Waals surface area (Å²) in [7, 11) is 0. The molecular formula is C18H26Cl2NOSiTi. The summed E-state index contributed by atoms with van der Waals surface area (Å²) in [6, 6.07) is 8.03. The molecule has 0 bridgehead atoms. The molecule has 0 fully saturated rings. The molecule has 0 spiro atoms. The Labute approximate surface area is 165 Å². The smallest absolute Gasteiger partial charge is 1.00 e. The van der Waals surface area contributed by atoms with E-state index in [-0.39, 0.29) is 30.7 Å². The van der Waals surface area contributed by atoms with Gasteiger partial charge in [0.2, 0.25) is 0 Å². The third-order valence-corrected chi connectivity index (χ3v) is 15.1. The monoisotopic (exact) mass is 418 g/mol. The predicted molar refractivity (Wildman–Crippen MR) is 93.3 cm³/mol. The maximum Gasteiger partial charge on any atom is -1.00 e. The van der Waals surface area contributed by atoms with Crippen LogP contribution >= 0.6 is 0 Å². The van der Waals surface area contributed by atoms with Crippen LogP contribution in [0.3, 0.4) is 0 Å². The summed E-state index contributed by atoms with van der Waals surface area (Å²) in [5.41, 5.74) is 3.37. The van der Waals surface area contributed by atoms with Crippen molar-refractivity contribution in [2.24, 2.45) is 0 Å². The van der Waals surface area contributed by atoms with Crippen LogP contribution in [0.1, 0.15) is 49.0 Å². The number of allylic oxidation sites excluding steroid dienone is 4. The second-order valence-electron chi connectivity index (χ2n) is 6.59. The molecule has 0 saturated heterocycles. The Morgan fingerprint density at radius 1 is 1.21 bits per heavy atom. The van der Waals surface area contributed by atoms with Crippen LogP contribution in [0, 0.1) is 0 Å². The van der Waals surface area contributed by atoms with Crippen LogP contribution in [0.4, 0.5) is 0 Å². The van der Waals surface area contributed by atoms with Gasteiger partial charge in [-0.25, -0.2) is 0 Å². The Morgan fingerprint density at radius 3 is 2.33 bits per heavy atom. The summed E-state index contributed by atoms with van der Waals surface area (Å²) in [5, 5.41) is 0. The molecule has 1 N–H and O–H groups in total. The molecule has 0 unspecified atom stereocenters. The standard InChI is InChI=1S/C10H13NO.C6H7.C2H7Si.2ClH.Ti/c1-7(2)8-5-3-4-6-9(8)10(11)12;1-6-4-2-3-5-6;1-3-2;;;/h3-7H,1-2H3,(H2,11,12);4-5H,2H2,1H3;3H,1-2H3;2*1H;/q;;;;;+3/p-3. The van der Waals surface area contributed by atoms with Gasteiger partial charge in [0.25, 0.3) is 0 Å². The molecule has 1 aliphatic rings. The van der Waals surface area contributed by atoms with Gasteiger partial charge in [-0.2, -0.15) is 0 Å². The van der Waals surface area contributed by atoms with Gasteiger partial charge in [-0.1, -0.05) is 0 Å². The number of hydrogen-bond acceptors (Lipinski definition) is 1. The van der Waals surface area contributed by atoms with Crippen molar-refractivity contribution >= 4 is 12.6 Å². The third kappa shape index (κ3) is 5.89. The van der Waals surface area contributed by atoms with E-state index in [1.807, 2.05) is 18.2 Å². The van der Waals surface area contributed by atoms with E-state index in [1.165, 1.54) is 9.45 Å². The fourth-order valence-corrected chi connectivity index (χ4v) is 12.0. The molecule has 0 heterocycles. The number of amides is 1. The molecule has 6 heteroatoms. The molecular weight excluding hydrogens is 393 g/mol. The first-order valence-corrected chi connectivity index (χ1v) is 15.2. The van der Waals surface area contributed by atoms with E-state index < -0.39 is 24.0 Å². The molecule has 0 aromatic heterocycles. The fourth-order valence-electron chi connectivity index (χ4n) is 2.84. The van der Waals surface area contributed by atoms with Crippen LogP contribution in [-0.4, -0.2) is 12.6 Å². The number of carbonyl (C=O) groups excluding carboxylic acids is 1. The van der Waals surface area contributed by atoms with Crippen molar-refractivity contribution in [3.8, 4) is 0 Å². The number of carbonyl (C=O) groups is 1. The number of hydrogen-bond donors (Lipinski definition) is 1. The van der Waals surface area contributed by atoms with Gasteiger partial charge in [0, 0.05) is 0 Å². The van der Waals surface area contributed by atoms with Crippen LogP contribution in [-0.2, 0) is 17.4 Å². The molecule has 131 valence electrons. The summed E-state index contributed by atoms with van der Waals surface area (Å²) in [6.45, 7) is 10.3. The molecule has 24 heavy (non-hydrogen) atoms. The molecule has 1 aliphatic carbocycles. The van der Waals surface area contributed by atoms with Crippen molar-refractivity contribution < 1.29 is 47.0 Å². The van der Waals surface area contributed by atoms with E-state index in [2.05, 4.69) is 55.9 Å². The molecule has 0 saturated carbocycles. The zero-order valence-corrected chi connectivity index (χ0v) is 19.2. The Morgan fingerprint density at radius 2 is 1.83 bits per heavy atom. The van der Waals surface area contributed by atoms with Crippen LogP contribution in [0.25, 0.3) is 0 Å². The van der Waals surface area contributed by atoms with Crippen molar-refractivity contribution in [3.63, 3.8) is 0 Å². The fraction of sp³-hybridized carbons (Fsp3) is 0.389. The molecule has 1 aromatic rings. The van der Waals surface area contributed by atoms with E-state index >= 15 is 0 Å². The van der Waals surface area contributed by atoms with Gasteiger partial charge in [0.1, 0.15) is 0 Å². The summed E-state index contributed by atoms with van der Waals surface area (Å²) < 4.78 is 5.01. The zero-order valence-electron chi connectivity index (χ0n) is 15.0. The van der Waals surface area contributed by atoms with Gasteiger partial charge < -0.3 is 24.8 Å². The van der Waals surface area contributed by atoms with Gasteiger partial charge in [-0.05, 0) is 0 Å². The van der Waals surface area contributed by atoms with Crippen LogP contribution in [0.5, 0.6) is 0 Å². The minimum Gasteiger partial charge on any atom is -1.00 e. The minimum atomic E-state index is -1.64. The van der Waals surface area contributed by atoms with Crippen LogP contribution in [0.15, 0.2) is 45.9 Å². The largest absolute Gasteiger partial charge is 1.00 e. The number of benzene rings is 1. The van der Waals surface area contributed by atoms with Gasteiger partial charge in [0.05, 0.1) is 0 Å². The number of rotatable bonds is 5. The van der Waals surface area contributed by atoms with E-state index in [0.717, 1.165) is 17.5 Å². The Hall–Kier alpha value is -0.319. The molecule has 0 aliphatic heterocycles. The molecule has 2 rings (SSSR count). The van der Waals surface area contributed by atoms with Gasteiger partial charge in [-0.3, -0.25) is 0 Å². The van der Waals surface area contributed by atoms with Gasteiger partial charge >= 0.3 is 142 Å². The van der Waals surface area contributed by atoms with Gasteiger partial charge in [0.15, 0.2) is 0 Å². The molecule has 0 atom stereocenters. The Bertz CT molecular complexity index is 629. The summed E-state index contributed by atoms with van der Waals surface area (Å²) in [6.07, 6.45) is 5.66. The molecule has 1 aromatic carbocycles. The van der Waals surface area contributed by atoms with Crippen molar-refractivity contribution in [2.45, 2.75) is 46.2 Å². The van der Waals surface area contributed by atoms with Crippen LogP contribution < -0.4 is 28.6 Å². The minimum absolute atomic E-state index is 0. The Balaban J connectivity index is 0.00000264. The Kier molecular flexibility index (Phi) is 10.5. The normalized spacial score (nSPS) is 13.0. The van der Waals surface area contributed by atoms with E-state index in [1.54, 1.807) is 0 Å². The van der Waals surface area contributed by atoms with Crippen molar-refractivity contribution in [2.75, 3.05) is 0 Å². The van der Waals surface area contributed by atoms with E-state index in [9.17, 15) is 4.79 Å². The quantitative estimate of drug-likeness (QED) is 0.567. The maximum atomic E-state index is 12.8. The number of nitrogens with one attached hydrogen (secondary N) is 1. The second kappa shape index (κ2) is 10.6. The van der Waals surface area contributed by atoms with E-state index in [0.29, 0.717) is 5.92 Å². The SMILES string of the molecule is CC1=CC[C]([Ti+2]([NH]C(=O)c2ccccc2C(C)C)[SiH](C)C)=C1.[Cl-].[Cl-]. The van der Waals surface area contributed by atoms with Crippen LogP contribution in [0.2, 0.25) is 13.1 Å². The first-order valence-electron chi connectivity index (χ1n) is 8.05. The summed E-state index contributed by atoms with van der Waals surface area (Å²) in [4.78, 5) is 12.8. The number of halogens is 2. The third-order valence-electron chi connectivity index (χ3n) is 4.04. The average Bonchev–Trinajstić information content (AvgIpc) is 2.90. The van der Waals surface area contributed by atoms with E-state index in [4.69, 9.17) is 0 Å². The summed E-state index contributed by atoms with van der Waals surface area (Å²) >= 11 is -1.64. The second-order valence-corrected chi connectivity index (χ2v) is 19.4. The van der Waals surface area contributed by atoms with Gasteiger partial charge in [-0.15, -0.1) is 0 Å². The average molecular weight is 419 g/mol. The summed E-state index contributed by atoms with van der Waals surface area (Å²) in [5.74, 6) is 0.516. The van der Waals surface area contributed by atoms with Crippen molar-refractivity contribution in [1.82, 2.24) is 3.80 Å². The maximum absolute atomic E-state index is 12.8. The topological polar surface area (TPSA) is 29.1 Å². The van der Waals surface area contributed by atoms with Crippen molar-refractivity contribution in [1.29, 1.82) is 0 Å². The molecule has 0 radical (unpaired) electrons. The zero-order chi connectivity index (χ0) is 16.3.